The van der Waals surface area contributed by atoms with Gasteiger partial charge in [-0.2, -0.15) is 0 Å². The van der Waals surface area contributed by atoms with Crippen LogP contribution in [0, 0.1) is 0 Å². The quantitative estimate of drug-likeness (QED) is 0.499. The van der Waals surface area contributed by atoms with Crippen molar-refractivity contribution in [2.75, 3.05) is 37.9 Å². The van der Waals surface area contributed by atoms with E-state index in [0.717, 1.165) is 36.3 Å². The van der Waals surface area contributed by atoms with Crippen molar-refractivity contribution in [3.05, 3.63) is 60.2 Å². The monoisotopic (exact) mass is 451 g/mol. The Morgan fingerprint density at radius 1 is 1.16 bits per heavy atom. The fourth-order valence-electron chi connectivity index (χ4n) is 3.66. The second-order valence-corrected chi connectivity index (χ2v) is 9.03. The van der Waals surface area contributed by atoms with Gasteiger partial charge >= 0.3 is 0 Å². The summed E-state index contributed by atoms with van der Waals surface area (Å²) in [6, 6.07) is 18.2. The minimum absolute atomic E-state index is 0.0632. The first-order valence-corrected chi connectivity index (χ1v) is 11.8. The van der Waals surface area contributed by atoms with E-state index in [4.69, 9.17) is 4.74 Å². The molecule has 32 heavy (non-hydrogen) atoms. The Hall–Kier alpha value is -2.84. The number of aromatic amines is 1. The fraction of sp³-hybridized carbons (Fsp3) is 0.375. The molecule has 1 aliphatic heterocycles. The van der Waals surface area contributed by atoms with Crippen LogP contribution in [0.5, 0.6) is 0 Å². The number of carbonyl (C=O) groups excluding carboxylic acids is 1. The molecule has 0 bridgehead atoms. The average molecular weight is 452 g/mol. The zero-order valence-electron chi connectivity index (χ0n) is 18.5. The SMILES string of the molecule is CN(C)c1ccc(CN(C[C@@H]2CCCO2)C(=O)CSc2n[nH]c(-c3ccccc3)n2)cc1. The highest BCUT2D eigenvalue weighted by molar-refractivity contribution is 7.99. The molecule has 1 aliphatic rings. The largest absolute Gasteiger partial charge is 0.378 e. The second-order valence-electron chi connectivity index (χ2n) is 8.09. The van der Waals surface area contributed by atoms with Crippen LogP contribution in [-0.4, -0.2) is 65.1 Å². The van der Waals surface area contributed by atoms with Crippen molar-refractivity contribution >= 4 is 23.4 Å². The predicted octanol–water partition coefficient (Wildman–Crippen LogP) is 3.84. The van der Waals surface area contributed by atoms with Gasteiger partial charge < -0.3 is 14.5 Å². The molecule has 0 unspecified atom stereocenters. The number of hydrogen-bond donors (Lipinski definition) is 1. The Labute approximate surface area is 193 Å². The van der Waals surface area contributed by atoms with E-state index in [1.54, 1.807) is 0 Å². The van der Waals surface area contributed by atoms with Crippen LogP contribution >= 0.6 is 11.8 Å². The maximum absolute atomic E-state index is 13.1. The van der Waals surface area contributed by atoms with Crippen molar-refractivity contribution in [3.63, 3.8) is 0 Å². The summed E-state index contributed by atoms with van der Waals surface area (Å²) < 4.78 is 5.80. The second kappa shape index (κ2) is 10.7. The van der Waals surface area contributed by atoms with Crippen LogP contribution in [0.4, 0.5) is 5.69 Å². The van der Waals surface area contributed by atoms with E-state index in [1.807, 2.05) is 49.3 Å². The summed E-state index contributed by atoms with van der Waals surface area (Å²) in [7, 11) is 4.04. The van der Waals surface area contributed by atoms with Crippen LogP contribution in [-0.2, 0) is 16.1 Å². The standard InChI is InChI=1S/C24H29N5O2S/c1-28(2)20-12-10-18(11-13-20)15-29(16-21-9-6-14-31-21)22(30)17-32-24-25-23(26-27-24)19-7-4-3-5-8-19/h3-5,7-8,10-13,21H,6,9,14-17H2,1-2H3,(H,25,26,27)/t21-/m0/s1. The van der Waals surface area contributed by atoms with E-state index in [1.165, 1.54) is 11.8 Å². The summed E-state index contributed by atoms with van der Waals surface area (Å²) in [6.45, 7) is 1.95. The van der Waals surface area contributed by atoms with E-state index >= 15 is 0 Å². The molecule has 1 N–H and O–H groups in total. The van der Waals surface area contributed by atoms with Crippen LogP contribution in [0.25, 0.3) is 11.4 Å². The summed E-state index contributed by atoms with van der Waals surface area (Å²) >= 11 is 1.36. The minimum atomic E-state index is 0.0632. The van der Waals surface area contributed by atoms with Crippen LogP contribution in [0.1, 0.15) is 18.4 Å². The lowest BCUT2D eigenvalue weighted by Gasteiger charge is -2.25. The van der Waals surface area contributed by atoms with Gasteiger partial charge in [-0.1, -0.05) is 54.2 Å². The van der Waals surface area contributed by atoms with Crippen molar-refractivity contribution in [3.8, 4) is 11.4 Å². The average Bonchev–Trinajstić information content (AvgIpc) is 3.50. The summed E-state index contributed by atoms with van der Waals surface area (Å²) in [4.78, 5) is 21.6. The lowest BCUT2D eigenvalue weighted by atomic mass is 10.1. The first-order chi connectivity index (χ1) is 15.6. The predicted molar refractivity (Wildman–Crippen MR) is 128 cm³/mol. The van der Waals surface area contributed by atoms with Gasteiger partial charge in [-0.3, -0.25) is 9.89 Å². The lowest BCUT2D eigenvalue weighted by Crippen LogP contribution is -2.38. The molecule has 3 aromatic rings. The highest BCUT2D eigenvalue weighted by Gasteiger charge is 2.23. The van der Waals surface area contributed by atoms with Gasteiger partial charge in [0.05, 0.1) is 11.9 Å². The molecule has 168 valence electrons. The number of hydrogen-bond acceptors (Lipinski definition) is 6. The van der Waals surface area contributed by atoms with Gasteiger partial charge in [0, 0.05) is 45.0 Å². The molecule has 0 saturated carbocycles. The zero-order chi connectivity index (χ0) is 22.3. The number of anilines is 1. The van der Waals surface area contributed by atoms with Crippen molar-refractivity contribution in [2.45, 2.75) is 30.6 Å². The van der Waals surface area contributed by atoms with Gasteiger partial charge in [0.25, 0.3) is 0 Å². The van der Waals surface area contributed by atoms with E-state index in [0.29, 0.717) is 24.1 Å². The number of thioether (sulfide) groups is 1. The molecule has 1 atom stereocenters. The van der Waals surface area contributed by atoms with Gasteiger partial charge in [0.15, 0.2) is 5.82 Å². The molecule has 2 aromatic carbocycles. The zero-order valence-corrected chi connectivity index (χ0v) is 19.3. The number of benzene rings is 2. The number of nitrogens with zero attached hydrogens (tertiary/aromatic N) is 4. The Morgan fingerprint density at radius 2 is 1.94 bits per heavy atom. The molecule has 1 saturated heterocycles. The van der Waals surface area contributed by atoms with E-state index in [-0.39, 0.29) is 17.8 Å². The number of amides is 1. The molecular weight excluding hydrogens is 422 g/mol. The summed E-state index contributed by atoms with van der Waals surface area (Å²) in [5.41, 5.74) is 3.22. The third-order valence-electron chi connectivity index (χ3n) is 5.46. The Bertz CT molecular complexity index is 1000. The smallest absolute Gasteiger partial charge is 0.233 e. The molecular formula is C24H29N5O2S. The molecule has 7 nitrogen and oxygen atoms in total. The first-order valence-electron chi connectivity index (χ1n) is 10.8. The highest BCUT2D eigenvalue weighted by atomic mass is 32.2. The van der Waals surface area contributed by atoms with Crippen LogP contribution in [0.3, 0.4) is 0 Å². The number of rotatable bonds is 9. The maximum atomic E-state index is 13.1. The van der Waals surface area contributed by atoms with Crippen LogP contribution in [0.2, 0.25) is 0 Å². The lowest BCUT2D eigenvalue weighted by molar-refractivity contribution is -0.130. The molecule has 0 spiro atoms. The number of aromatic nitrogens is 3. The number of H-pyrrole nitrogens is 1. The molecule has 1 fully saturated rings. The summed E-state index contributed by atoms with van der Waals surface area (Å²) in [6.07, 6.45) is 2.16. The third kappa shape index (κ3) is 5.89. The minimum Gasteiger partial charge on any atom is -0.378 e. The van der Waals surface area contributed by atoms with Gasteiger partial charge in [-0.25, -0.2) is 4.98 Å². The molecule has 1 aromatic heterocycles. The maximum Gasteiger partial charge on any atom is 0.233 e. The summed E-state index contributed by atoms with van der Waals surface area (Å²) in [5.74, 6) is 1.06. The van der Waals surface area contributed by atoms with E-state index in [9.17, 15) is 4.79 Å². The molecule has 0 radical (unpaired) electrons. The van der Waals surface area contributed by atoms with Gasteiger partial charge in [-0.05, 0) is 30.5 Å². The van der Waals surface area contributed by atoms with Crippen LogP contribution < -0.4 is 4.90 Å². The van der Waals surface area contributed by atoms with Gasteiger partial charge in [0.2, 0.25) is 11.1 Å². The van der Waals surface area contributed by atoms with Gasteiger partial charge in [0.1, 0.15) is 0 Å². The number of ether oxygens (including phenoxy) is 1. The Balaban J connectivity index is 1.40. The highest BCUT2D eigenvalue weighted by Crippen LogP contribution is 2.21. The first kappa shape index (κ1) is 22.4. The molecule has 8 heteroatoms. The molecule has 2 heterocycles. The van der Waals surface area contributed by atoms with E-state index < -0.39 is 0 Å². The molecule has 1 amide bonds. The normalized spacial score (nSPS) is 15.6. The van der Waals surface area contributed by atoms with Crippen molar-refractivity contribution in [1.29, 1.82) is 0 Å². The fourth-order valence-corrected chi connectivity index (χ4v) is 4.36. The van der Waals surface area contributed by atoms with Crippen molar-refractivity contribution < 1.29 is 9.53 Å². The number of carbonyl (C=O) groups is 1. The van der Waals surface area contributed by atoms with Crippen molar-refractivity contribution in [2.24, 2.45) is 0 Å². The Morgan fingerprint density at radius 3 is 2.62 bits per heavy atom. The van der Waals surface area contributed by atoms with Crippen molar-refractivity contribution in [1.82, 2.24) is 20.1 Å². The van der Waals surface area contributed by atoms with Gasteiger partial charge in [-0.15, -0.1) is 5.10 Å². The van der Waals surface area contributed by atoms with Crippen LogP contribution in [0.15, 0.2) is 59.8 Å². The summed E-state index contributed by atoms with van der Waals surface area (Å²) in [5, 5.41) is 7.79. The Kier molecular flexibility index (Phi) is 7.44. The number of nitrogens with one attached hydrogen (secondary N) is 1. The molecule has 4 rings (SSSR count). The topological polar surface area (TPSA) is 74.3 Å². The molecule has 0 aliphatic carbocycles. The third-order valence-corrected chi connectivity index (χ3v) is 6.30. The van der Waals surface area contributed by atoms with E-state index in [2.05, 4.69) is 44.3 Å².